The van der Waals surface area contributed by atoms with Crippen LogP contribution < -0.4 is 20.1 Å². The lowest BCUT2D eigenvalue weighted by atomic mass is 10.1. The van der Waals surface area contributed by atoms with Crippen molar-refractivity contribution in [2.45, 2.75) is 25.9 Å². The van der Waals surface area contributed by atoms with Gasteiger partial charge in [0.1, 0.15) is 17.2 Å². The Morgan fingerprint density at radius 2 is 1.73 bits per heavy atom. The van der Waals surface area contributed by atoms with E-state index in [1.165, 1.54) is 43.2 Å². The summed E-state index contributed by atoms with van der Waals surface area (Å²) in [6.07, 6.45) is 4.94. The molecule has 1 saturated carbocycles. The molecule has 0 aromatic heterocycles. The smallest absolute Gasteiger partial charge is 0.387 e. The lowest BCUT2D eigenvalue weighted by Crippen LogP contribution is -2.36. The number of carbonyl (C=O) groups excluding carboxylic acids is 2. The van der Waals surface area contributed by atoms with E-state index in [2.05, 4.69) is 15.4 Å². The number of nitrogens with one attached hydrogen (secondary N) is 2. The molecule has 9 heteroatoms. The minimum Gasteiger partial charge on any atom is -0.494 e. The first kappa shape index (κ1) is 24.2. The van der Waals surface area contributed by atoms with Crippen LogP contribution in [0.25, 0.3) is 6.08 Å². The molecule has 1 aliphatic rings. The Balaban J connectivity index is 1.67. The number of ether oxygens (including phenoxy) is 2. The van der Waals surface area contributed by atoms with Crippen LogP contribution in [-0.4, -0.2) is 43.3 Å². The third kappa shape index (κ3) is 8.19. The Morgan fingerprint density at radius 1 is 1.06 bits per heavy atom. The van der Waals surface area contributed by atoms with Gasteiger partial charge in [0.15, 0.2) is 0 Å². The van der Waals surface area contributed by atoms with E-state index in [9.17, 15) is 18.4 Å². The van der Waals surface area contributed by atoms with Crippen molar-refractivity contribution in [2.24, 2.45) is 5.92 Å². The van der Waals surface area contributed by atoms with Gasteiger partial charge in [-0.2, -0.15) is 8.78 Å². The SMILES string of the molecule is O=C(NCCO)/C(=C/c1ccc(OC(F)F)cc1)NC(=O)c1ccc(OCCC2CC2)cc1. The average Bonchev–Trinajstić information content (AvgIpc) is 3.62. The van der Waals surface area contributed by atoms with Gasteiger partial charge in [-0.1, -0.05) is 25.0 Å². The number of aliphatic hydroxyl groups excluding tert-OH is 1. The third-order valence-corrected chi connectivity index (χ3v) is 4.91. The standard InChI is InChI=1S/C24H26F2N2O5/c25-24(26)33-20-7-3-17(4-8-20)15-21(23(31)27-12-13-29)28-22(30)18-5-9-19(10-6-18)32-14-11-16-1-2-16/h3-10,15-16,24,29H,1-2,11-14H2,(H,27,31)(H,28,30)/b21-15-. The fourth-order valence-corrected chi connectivity index (χ4v) is 2.98. The average molecular weight is 460 g/mol. The number of hydrogen-bond acceptors (Lipinski definition) is 5. The first-order valence-corrected chi connectivity index (χ1v) is 10.6. The highest BCUT2D eigenvalue weighted by atomic mass is 19.3. The maximum Gasteiger partial charge on any atom is 0.387 e. The summed E-state index contributed by atoms with van der Waals surface area (Å²) >= 11 is 0. The topological polar surface area (TPSA) is 96.9 Å². The Hall–Kier alpha value is -3.46. The van der Waals surface area contributed by atoms with Crippen molar-refractivity contribution < 1.29 is 33.0 Å². The van der Waals surface area contributed by atoms with Crippen LogP contribution in [0.3, 0.4) is 0 Å². The molecule has 3 N–H and O–H groups in total. The zero-order valence-electron chi connectivity index (χ0n) is 17.9. The second-order valence-corrected chi connectivity index (χ2v) is 7.54. The van der Waals surface area contributed by atoms with E-state index in [0.717, 1.165) is 12.3 Å². The number of amides is 2. The number of benzene rings is 2. The van der Waals surface area contributed by atoms with Crippen LogP contribution in [-0.2, 0) is 4.79 Å². The van der Waals surface area contributed by atoms with E-state index in [4.69, 9.17) is 9.84 Å². The highest BCUT2D eigenvalue weighted by molar-refractivity contribution is 6.05. The van der Waals surface area contributed by atoms with Gasteiger partial charge in [-0.25, -0.2) is 0 Å². The zero-order chi connectivity index (χ0) is 23.6. The first-order chi connectivity index (χ1) is 15.9. The van der Waals surface area contributed by atoms with Crippen LogP contribution in [0.4, 0.5) is 8.78 Å². The maximum atomic E-state index is 12.7. The summed E-state index contributed by atoms with van der Waals surface area (Å²) in [6.45, 7) is -2.58. The molecule has 0 saturated heterocycles. The van der Waals surface area contributed by atoms with Gasteiger partial charge in [0, 0.05) is 12.1 Å². The molecule has 0 unspecified atom stereocenters. The van der Waals surface area contributed by atoms with Crippen molar-refractivity contribution in [2.75, 3.05) is 19.8 Å². The quantitative estimate of drug-likeness (QED) is 0.422. The third-order valence-electron chi connectivity index (χ3n) is 4.91. The molecule has 176 valence electrons. The van der Waals surface area contributed by atoms with Crippen LogP contribution in [0.1, 0.15) is 35.2 Å². The highest BCUT2D eigenvalue weighted by Crippen LogP contribution is 2.32. The monoisotopic (exact) mass is 460 g/mol. The van der Waals surface area contributed by atoms with Gasteiger partial charge in [0.05, 0.1) is 13.2 Å². The molecule has 2 aromatic rings. The number of halogens is 2. The number of hydrogen-bond donors (Lipinski definition) is 3. The molecule has 0 aliphatic heterocycles. The van der Waals surface area contributed by atoms with E-state index in [1.807, 2.05) is 0 Å². The molecule has 33 heavy (non-hydrogen) atoms. The van der Waals surface area contributed by atoms with Crippen molar-refractivity contribution in [1.82, 2.24) is 10.6 Å². The van der Waals surface area contributed by atoms with Gasteiger partial charge in [-0.05, 0) is 60.4 Å². The summed E-state index contributed by atoms with van der Waals surface area (Å²) in [5.41, 5.74) is 0.734. The van der Waals surface area contributed by atoms with Crippen molar-refractivity contribution >= 4 is 17.9 Å². The summed E-state index contributed by atoms with van der Waals surface area (Å²) in [4.78, 5) is 25.2. The highest BCUT2D eigenvalue weighted by Gasteiger charge is 2.20. The molecule has 3 rings (SSSR count). The summed E-state index contributed by atoms with van der Waals surface area (Å²) < 4.78 is 34.6. The summed E-state index contributed by atoms with van der Waals surface area (Å²) in [5, 5.41) is 14.0. The molecular formula is C24H26F2N2O5. The molecular weight excluding hydrogens is 434 g/mol. The Labute approximate surface area is 190 Å². The Bertz CT molecular complexity index is 958. The second-order valence-electron chi connectivity index (χ2n) is 7.54. The van der Waals surface area contributed by atoms with E-state index in [-0.39, 0.29) is 24.6 Å². The molecule has 2 aromatic carbocycles. The predicted molar refractivity (Wildman–Crippen MR) is 118 cm³/mol. The lowest BCUT2D eigenvalue weighted by Gasteiger charge is -2.12. The van der Waals surface area contributed by atoms with Gasteiger partial charge in [0.2, 0.25) is 0 Å². The van der Waals surface area contributed by atoms with Gasteiger partial charge in [-0.15, -0.1) is 0 Å². The van der Waals surface area contributed by atoms with Crippen molar-refractivity contribution in [3.63, 3.8) is 0 Å². The largest absolute Gasteiger partial charge is 0.494 e. The number of carbonyl (C=O) groups is 2. The first-order valence-electron chi connectivity index (χ1n) is 10.6. The van der Waals surface area contributed by atoms with Crippen LogP contribution in [0.2, 0.25) is 0 Å². The lowest BCUT2D eigenvalue weighted by molar-refractivity contribution is -0.117. The van der Waals surface area contributed by atoms with Gasteiger partial charge >= 0.3 is 6.61 Å². The van der Waals surface area contributed by atoms with Crippen LogP contribution in [0.15, 0.2) is 54.2 Å². The van der Waals surface area contributed by atoms with E-state index in [1.54, 1.807) is 24.3 Å². The maximum absolute atomic E-state index is 12.7. The summed E-state index contributed by atoms with van der Waals surface area (Å²) in [5.74, 6) is 0.282. The molecule has 0 heterocycles. The number of aliphatic hydroxyl groups is 1. The minimum atomic E-state index is -2.94. The molecule has 1 aliphatic carbocycles. The second kappa shape index (κ2) is 12.0. The van der Waals surface area contributed by atoms with Crippen LogP contribution in [0, 0.1) is 5.92 Å². The van der Waals surface area contributed by atoms with E-state index in [0.29, 0.717) is 23.5 Å². The van der Waals surface area contributed by atoms with Crippen LogP contribution >= 0.6 is 0 Å². The predicted octanol–water partition coefficient (Wildman–Crippen LogP) is 3.35. The van der Waals surface area contributed by atoms with Gasteiger partial charge in [0.25, 0.3) is 11.8 Å². The summed E-state index contributed by atoms with van der Waals surface area (Å²) in [6, 6.07) is 12.2. The minimum absolute atomic E-state index is 0.000102. The zero-order valence-corrected chi connectivity index (χ0v) is 17.9. The molecule has 7 nitrogen and oxygen atoms in total. The Morgan fingerprint density at radius 3 is 2.33 bits per heavy atom. The Kier molecular flexibility index (Phi) is 8.77. The van der Waals surface area contributed by atoms with E-state index < -0.39 is 18.4 Å². The summed E-state index contributed by atoms with van der Waals surface area (Å²) in [7, 11) is 0. The number of rotatable bonds is 12. The van der Waals surface area contributed by atoms with Crippen molar-refractivity contribution in [3.05, 3.63) is 65.4 Å². The molecule has 0 bridgehead atoms. The van der Waals surface area contributed by atoms with E-state index >= 15 is 0 Å². The van der Waals surface area contributed by atoms with Crippen molar-refractivity contribution in [1.29, 1.82) is 0 Å². The van der Waals surface area contributed by atoms with Gasteiger partial charge in [-0.3, -0.25) is 9.59 Å². The molecule has 0 spiro atoms. The molecule has 0 atom stereocenters. The fraction of sp³-hybridized carbons (Fsp3) is 0.333. The van der Waals surface area contributed by atoms with Gasteiger partial charge < -0.3 is 25.2 Å². The normalized spacial score (nSPS) is 13.5. The van der Waals surface area contributed by atoms with Crippen molar-refractivity contribution in [3.8, 4) is 11.5 Å². The molecule has 1 fully saturated rings. The van der Waals surface area contributed by atoms with Crippen LogP contribution in [0.5, 0.6) is 11.5 Å². The molecule has 2 amide bonds. The fourth-order valence-electron chi connectivity index (χ4n) is 2.98. The molecule has 0 radical (unpaired) electrons. The number of alkyl halides is 2.